The molecule has 0 radical (unpaired) electrons. The van der Waals surface area contributed by atoms with Crippen LogP contribution in [-0.2, 0) is 9.53 Å². The second-order valence-corrected chi connectivity index (χ2v) is 5.57. The molecule has 0 amide bonds. The summed E-state index contributed by atoms with van der Waals surface area (Å²) in [6.07, 6.45) is 1.53. The molecule has 0 aromatic heterocycles. The van der Waals surface area contributed by atoms with Gasteiger partial charge in [0.25, 0.3) is 0 Å². The summed E-state index contributed by atoms with van der Waals surface area (Å²) < 4.78 is 5.75. The van der Waals surface area contributed by atoms with Crippen molar-refractivity contribution in [2.45, 2.75) is 32.7 Å². The van der Waals surface area contributed by atoms with Gasteiger partial charge in [-0.2, -0.15) is 0 Å². The minimum absolute atomic E-state index is 0.278. The van der Waals surface area contributed by atoms with Crippen LogP contribution in [0.3, 0.4) is 0 Å². The van der Waals surface area contributed by atoms with Crippen LogP contribution in [-0.4, -0.2) is 18.6 Å². The predicted octanol–water partition coefficient (Wildman–Crippen LogP) is 4.90. The Labute approximate surface area is 131 Å². The SMILES string of the molecule is CCCC(Nc1ccc(Br)c(Cl)c1Cl)C(=O)OCC. The van der Waals surface area contributed by atoms with Crippen molar-refractivity contribution < 1.29 is 9.53 Å². The largest absolute Gasteiger partial charge is 0.464 e. The molecule has 1 unspecified atom stereocenters. The highest BCUT2D eigenvalue weighted by Crippen LogP contribution is 2.36. The van der Waals surface area contributed by atoms with Gasteiger partial charge in [0.1, 0.15) is 6.04 Å². The van der Waals surface area contributed by atoms with E-state index < -0.39 is 6.04 Å². The fourth-order valence-corrected chi connectivity index (χ4v) is 2.43. The molecule has 0 saturated heterocycles. The predicted molar refractivity (Wildman–Crippen MR) is 83.1 cm³/mol. The molecule has 0 aliphatic carbocycles. The van der Waals surface area contributed by atoms with Gasteiger partial charge in [-0.3, -0.25) is 0 Å². The lowest BCUT2D eigenvalue weighted by Gasteiger charge is -2.19. The zero-order valence-corrected chi connectivity index (χ0v) is 13.9. The van der Waals surface area contributed by atoms with Crippen molar-refractivity contribution >= 4 is 50.8 Å². The highest BCUT2D eigenvalue weighted by molar-refractivity contribution is 9.10. The Morgan fingerprint density at radius 3 is 2.63 bits per heavy atom. The van der Waals surface area contributed by atoms with Crippen molar-refractivity contribution in [3.63, 3.8) is 0 Å². The van der Waals surface area contributed by atoms with Gasteiger partial charge in [-0.05, 0) is 41.4 Å². The monoisotopic (exact) mass is 367 g/mol. The molecule has 0 bridgehead atoms. The Kier molecular flexibility index (Phi) is 6.97. The fraction of sp³-hybridized carbons (Fsp3) is 0.462. The molecule has 0 fully saturated rings. The summed E-state index contributed by atoms with van der Waals surface area (Å²) in [5.74, 6) is -0.278. The molecule has 1 rings (SSSR count). The maximum absolute atomic E-state index is 11.8. The van der Waals surface area contributed by atoms with E-state index in [1.807, 2.05) is 6.92 Å². The average Bonchev–Trinajstić information content (AvgIpc) is 2.38. The number of carbonyl (C=O) groups excluding carboxylic acids is 1. The third-order valence-electron chi connectivity index (χ3n) is 2.51. The van der Waals surface area contributed by atoms with Gasteiger partial charge in [-0.1, -0.05) is 36.5 Å². The molecule has 0 heterocycles. The van der Waals surface area contributed by atoms with Crippen molar-refractivity contribution in [1.29, 1.82) is 0 Å². The minimum Gasteiger partial charge on any atom is -0.464 e. The van der Waals surface area contributed by atoms with Crippen LogP contribution >= 0.6 is 39.1 Å². The molecule has 0 saturated carbocycles. The second-order valence-electron chi connectivity index (χ2n) is 3.96. The Bertz CT molecular complexity index is 455. The normalized spacial score (nSPS) is 12.1. The molecule has 0 aliphatic heterocycles. The maximum Gasteiger partial charge on any atom is 0.328 e. The maximum atomic E-state index is 11.8. The summed E-state index contributed by atoms with van der Waals surface area (Å²) in [6, 6.07) is 3.14. The lowest BCUT2D eigenvalue weighted by atomic mass is 10.1. The van der Waals surface area contributed by atoms with Crippen molar-refractivity contribution in [2.75, 3.05) is 11.9 Å². The Morgan fingerprint density at radius 2 is 2.05 bits per heavy atom. The summed E-state index contributed by atoms with van der Waals surface area (Å²) in [6.45, 7) is 4.14. The molecule has 0 spiro atoms. The third-order valence-corrected chi connectivity index (χ3v) is 4.28. The van der Waals surface area contributed by atoms with Crippen LogP contribution in [0.25, 0.3) is 0 Å². The molecule has 1 aromatic rings. The number of nitrogens with one attached hydrogen (secondary N) is 1. The molecular weight excluding hydrogens is 353 g/mol. The molecule has 1 atom stereocenters. The first-order valence-electron chi connectivity index (χ1n) is 6.07. The summed E-state index contributed by atoms with van der Waals surface area (Å²) in [7, 11) is 0. The molecule has 106 valence electrons. The first-order valence-corrected chi connectivity index (χ1v) is 7.62. The van der Waals surface area contributed by atoms with Crippen molar-refractivity contribution in [1.82, 2.24) is 0 Å². The van der Waals surface area contributed by atoms with E-state index in [1.165, 1.54) is 0 Å². The Morgan fingerprint density at radius 1 is 1.37 bits per heavy atom. The first kappa shape index (κ1) is 16.6. The van der Waals surface area contributed by atoms with Crippen LogP contribution in [0.1, 0.15) is 26.7 Å². The molecule has 6 heteroatoms. The summed E-state index contributed by atoms with van der Waals surface area (Å²) in [5.41, 5.74) is 0.626. The molecule has 0 aliphatic rings. The van der Waals surface area contributed by atoms with Gasteiger partial charge < -0.3 is 10.1 Å². The summed E-state index contributed by atoms with van der Waals surface area (Å²) in [4.78, 5) is 11.8. The Hall–Kier alpha value is -0.450. The van der Waals surface area contributed by atoms with Gasteiger partial charge in [-0.15, -0.1) is 0 Å². The summed E-state index contributed by atoms with van der Waals surface area (Å²) >= 11 is 15.5. The molecule has 19 heavy (non-hydrogen) atoms. The number of benzene rings is 1. The zero-order valence-electron chi connectivity index (χ0n) is 10.8. The Balaban J connectivity index is 2.90. The van der Waals surface area contributed by atoms with Crippen LogP contribution in [0, 0.1) is 0 Å². The molecule has 1 aromatic carbocycles. The van der Waals surface area contributed by atoms with Crippen LogP contribution in [0.2, 0.25) is 10.0 Å². The summed E-state index contributed by atoms with van der Waals surface area (Å²) in [5, 5.41) is 3.90. The van der Waals surface area contributed by atoms with Gasteiger partial charge >= 0.3 is 5.97 Å². The van der Waals surface area contributed by atoms with Gasteiger partial charge in [0.05, 0.1) is 22.3 Å². The number of rotatable bonds is 6. The molecule has 3 nitrogen and oxygen atoms in total. The van der Waals surface area contributed by atoms with Crippen LogP contribution in [0.5, 0.6) is 0 Å². The number of anilines is 1. The van der Waals surface area contributed by atoms with E-state index in [2.05, 4.69) is 21.2 Å². The number of esters is 1. The number of ether oxygens (including phenoxy) is 1. The van der Waals surface area contributed by atoms with Gasteiger partial charge in [0.15, 0.2) is 0 Å². The van der Waals surface area contributed by atoms with Crippen molar-refractivity contribution in [2.24, 2.45) is 0 Å². The quantitative estimate of drug-likeness (QED) is 0.573. The van der Waals surface area contributed by atoms with Crippen molar-refractivity contribution in [3.8, 4) is 0 Å². The standard InChI is InChI=1S/C13H16BrCl2NO2/c1-3-5-10(13(18)19-4-2)17-9-7-6-8(14)11(15)12(9)16/h6-7,10,17H,3-5H2,1-2H3. The lowest BCUT2D eigenvalue weighted by molar-refractivity contribution is -0.144. The van der Waals surface area contributed by atoms with Crippen LogP contribution in [0.4, 0.5) is 5.69 Å². The minimum atomic E-state index is -0.417. The van der Waals surface area contributed by atoms with Gasteiger partial charge in [0, 0.05) is 4.47 Å². The smallest absolute Gasteiger partial charge is 0.328 e. The topological polar surface area (TPSA) is 38.3 Å². The lowest BCUT2D eigenvalue weighted by Crippen LogP contribution is -2.31. The number of hydrogen-bond donors (Lipinski definition) is 1. The van der Waals surface area contributed by atoms with E-state index in [0.717, 1.165) is 6.42 Å². The van der Waals surface area contributed by atoms with E-state index in [0.29, 0.717) is 33.2 Å². The molecule has 1 N–H and O–H groups in total. The van der Waals surface area contributed by atoms with Crippen LogP contribution < -0.4 is 5.32 Å². The van der Waals surface area contributed by atoms with Gasteiger partial charge in [0.2, 0.25) is 0 Å². The zero-order chi connectivity index (χ0) is 14.4. The highest BCUT2D eigenvalue weighted by atomic mass is 79.9. The van der Waals surface area contributed by atoms with Crippen LogP contribution in [0.15, 0.2) is 16.6 Å². The second kappa shape index (κ2) is 7.98. The van der Waals surface area contributed by atoms with E-state index >= 15 is 0 Å². The highest BCUT2D eigenvalue weighted by Gasteiger charge is 2.20. The molecular formula is C13H16BrCl2NO2. The van der Waals surface area contributed by atoms with E-state index in [1.54, 1.807) is 19.1 Å². The first-order chi connectivity index (χ1) is 9.01. The average molecular weight is 369 g/mol. The van der Waals surface area contributed by atoms with E-state index in [4.69, 9.17) is 27.9 Å². The number of hydrogen-bond acceptors (Lipinski definition) is 3. The van der Waals surface area contributed by atoms with Crippen molar-refractivity contribution in [3.05, 3.63) is 26.7 Å². The third kappa shape index (κ3) is 4.55. The van der Waals surface area contributed by atoms with E-state index in [9.17, 15) is 4.79 Å². The fourth-order valence-electron chi connectivity index (χ4n) is 1.61. The number of halogens is 3. The van der Waals surface area contributed by atoms with E-state index in [-0.39, 0.29) is 5.97 Å². The number of carbonyl (C=O) groups is 1. The van der Waals surface area contributed by atoms with Gasteiger partial charge in [-0.25, -0.2) is 4.79 Å².